The van der Waals surface area contributed by atoms with Gasteiger partial charge in [0.15, 0.2) is 0 Å². The van der Waals surface area contributed by atoms with E-state index in [0.29, 0.717) is 5.95 Å². The molecule has 0 spiro atoms. The maximum Gasteiger partial charge on any atom is 0.225 e. The van der Waals surface area contributed by atoms with Gasteiger partial charge in [-0.25, -0.2) is 15.0 Å². The van der Waals surface area contributed by atoms with Crippen molar-refractivity contribution < 1.29 is 0 Å². The van der Waals surface area contributed by atoms with Crippen LogP contribution in [-0.2, 0) is 0 Å². The first kappa shape index (κ1) is 14.9. The molecule has 0 fully saturated rings. The first-order valence-electron chi connectivity index (χ1n) is 7.29. The molecule has 0 unspecified atom stereocenters. The summed E-state index contributed by atoms with van der Waals surface area (Å²) in [4.78, 5) is 11.8. The van der Waals surface area contributed by atoms with Gasteiger partial charge in [0.05, 0.1) is 0 Å². The van der Waals surface area contributed by atoms with E-state index in [1.54, 1.807) is 0 Å². The molecule has 4 nitrogen and oxygen atoms in total. The third kappa shape index (κ3) is 7.98. The summed E-state index contributed by atoms with van der Waals surface area (Å²) in [6, 6.07) is 0. The fraction of sp³-hybridized carbons (Fsp3) is 0.786. The second-order valence-corrected chi connectivity index (χ2v) is 4.72. The first-order chi connectivity index (χ1) is 8.93. The van der Waals surface area contributed by atoms with Crippen molar-refractivity contribution in [3.63, 3.8) is 0 Å². The standard InChI is InChI=1S/C14H26N4/c1-2-3-4-5-6-7-8-9-10-11-16-14-17-12-15-13-18-14/h12-13H,2-11H2,1H3,(H,15,16,17,18). The van der Waals surface area contributed by atoms with Crippen LogP contribution in [0.15, 0.2) is 12.7 Å². The second kappa shape index (κ2) is 10.9. The van der Waals surface area contributed by atoms with Gasteiger partial charge in [0.25, 0.3) is 0 Å². The number of nitrogens with zero attached hydrogens (tertiary/aromatic N) is 3. The van der Waals surface area contributed by atoms with Crippen molar-refractivity contribution in [3.05, 3.63) is 12.7 Å². The number of hydrogen-bond acceptors (Lipinski definition) is 4. The molecule has 1 aromatic heterocycles. The van der Waals surface area contributed by atoms with Crippen molar-refractivity contribution in [2.24, 2.45) is 0 Å². The Morgan fingerprint density at radius 1 is 0.833 bits per heavy atom. The van der Waals surface area contributed by atoms with E-state index in [4.69, 9.17) is 0 Å². The van der Waals surface area contributed by atoms with Crippen LogP contribution in [-0.4, -0.2) is 21.5 Å². The van der Waals surface area contributed by atoms with Gasteiger partial charge in [0.2, 0.25) is 5.95 Å². The molecule has 0 amide bonds. The van der Waals surface area contributed by atoms with E-state index in [0.717, 1.165) is 6.54 Å². The number of hydrogen-bond donors (Lipinski definition) is 1. The van der Waals surface area contributed by atoms with E-state index >= 15 is 0 Å². The topological polar surface area (TPSA) is 50.7 Å². The minimum absolute atomic E-state index is 0.685. The van der Waals surface area contributed by atoms with Gasteiger partial charge in [-0.2, -0.15) is 0 Å². The highest BCUT2D eigenvalue weighted by Crippen LogP contribution is 2.09. The zero-order valence-corrected chi connectivity index (χ0v) is 11.6. The summed E-state index contributed by atoms with van der Waals surface area (Å²) in [5.41, 5.74) is 0. The van der Waals surface area contributed by atoms with E-state index in [2.05, 4.69) is 27.2 Å². The summed E-state index contributed by atoms with van der Waals surface area (Å²) in [7, 11) is 0. The molecule has 1 aromatic rings. The fourth-order valence-electron chi connectivity index (χ4n) is 1.97. The quantitative estimate of drug-likeness (QED) is 0.607. The Morgan fingerprint density at radius 3 is 2.00 bits per heavy atom. The molecular formula is C14H26N4. The molecule has 0 bridgehead atoms. The molecule has 1 rings (SSSR count). The van der Waals surface area contributed by atoms with Crippen LogP contribution in [0.1, 0.15) is 64.7 Å². The lowest BCUT2D eigenvalue weighted by atomic mass is 10.1. The number of aromatic nitrogens is 3. The van der Waals surface area contributed by atoms with Crippen molar-refractivity contribution in [1.29, 1.82) is 0 Å². The molecule has 0 radical (unpaired) electrons. The Kier molecular flexibility index (Phi) is 9.03. The van der Waals surface area contributed by atoms with Gasteiger partial charge in [0, 0.05) is 6.54 Å². The Bertz CT molecular complexity index is 276. The highest BCUT2D eigenvalue weighted by Gasteiger charge is 1.94. The van der Waals surface area contributed by atoms with Crippen molar-refractivity contribution in [2.45, 2.75) is 64.7 Å². The Hall–Kier alpha value is -1.19. The van der Waals surface area contributed by atoms with Crippen LogP contribution in [0.5, 0.6) is 0 Å². The third-order valence-corrected chi connectivity index (χ3v) is 3.06. The van der Waals surface area contributed by atoms with E-state index in [9.17, 15) is 0 Å². The number of rotatable bonds is 11. The minimum Gasteiger partial charge on any atom is -0.354 e. The molecule has 0 aliphatic rings. The fourth-order valence-corrected chi connectivity index (χ4v) is 1.97. The van der Waals surface area contributed by atoms with Crippen LogP contribution < -0.4 is 5.32 Å². The van der Waals surface area contributed by atoms with Gasteiger partial charge >= 0.3 is 0 Å². The Labute approximate surface area is 111 Å². The summed E-state index contributed by atoms with van der Waals surface area (Å²) in [6.07, 6.45) is 15.2. The molecule has 0 saturated carbocycles. The number of nitrogens with one attached hydrogen (secondary N) is 1. The zero-order valence-electron chi connectivity index (χ0n) is 11.6. The summed E-state index contributed by atoms with van der Waals surface area (Å²) >= 11 is 0. The molecule has 4 heteroatoms. The number of anilines is 1. The normalized spacial score (nSPS) is 10.5. The van der Waals surface area contributed by atoms with Crippen LogP contribution in [0.2, 0.25) is 0 Å². The van der Waals surface area contributed by atoms with E-state index in [-0.39, 0.29) is 0 Å². The van der Waals surface area contributed by atoms with Crippen LogP contribution in [0, 0.1) is 0 Å². The van der Waals surface area contributed by atoms with Crippen molar-refractivity contribution in [3.8, 4) is 0 Å². The van der Waals surface area contributed by atoms with E-state index in [1.165, 1.54) is 70.4 Å². The van der Waals surface area contributed by atoms with Gasteiger partial charge in [-0.15, -0.1) is 0 Å². The lowest BCUT2D eigenvalue weighted by molar-refractivity contribution is 0.569. The van der Waals surface area contributed by atoms with Crippen molar-refractivity contribution in [1.82, 2.24) is 15.0 Å². The van der Waals surface area contributed by atoms with Gasteiger partial charge in [-0.05, 0) is 6.42 Å². The largest absolute Gasteiger partial charge is 0.354 e. The SMILES string of the molecule is CCCCCCCCCCCNc1ncncn1. The van der Waals surface area contributed by atoms with Gasteiger partial charge in [-0.3, -0.25) is 0 Å². The van der Waals surface area contributed by atoms with Gasteiger partial charge < -0.3 is 5.32 Å². The van der Waals surface area contributed by atoms with Crippen LogP contribution >= 0.6 is 0 Å². The summed E-state index contributed by atoms with van der Waals surface area (Å²) in [5, 5.41) is 3.20. The molecule has 18 heavy (non-hydrogen) atoms. The third-order valence-electron chi connectivity index (χ3n) is 3.06. The van der Waals surface area contributed by atoms with Gasteiger partial charge in [-0.1, -0.05) is 58.3 Å². The van der Waals surface area contributed by atoms with Gasteiger partial charge in [0.1, 0.15) is 12.7 Å². The molecule has 102 valence electrons. The second-order valence-electron chi connectivity index (χ2n) is 4.72. The highest BCUT2D eigenvalue weighted by atomic mass is 15.1. The van der Waals surface area contributed by atoms with E-state index in [1.807, 2.05) is 0 Å². The Balaban J connectivity index is 1.82. The van der Waals surface area contributed by atoms with Crippen LogP contribution in [0.3, 0.4) is 0 Å². The summed E-state index contributed by atoms with van der Waals surface area (Å²) < 4.78 is 0. The molecule has 1 heterocycles. The predicted octanol–water partition coefficient (Wildman–Crippen LogP) is 3.81. The molecular weight excluding hydrogens is 224 g/mol. The molecule has 0 atom stereocenters. The lowest BCUT2D eigenvalue weighted by Crippen LogP contribution is -2.05. The number of unbranched alkanes of at least 4 members (excludes halogenated alkanes) is 8. The molecule has 1 N–H and O–H groups in total. The minimum atomic E-state index is 0.685. The smallest absolute Gasteiger partial charge is 0.225 e. The first-order valence-corrected chi connectivity index (χ1v) is 7.29. The van der Waals surface area contributed by atoms with Crippen LogP contribution in [0.4, 0.5) is 5.95 Å². The Morgan fingerprint density at radius 2 is 1.39 bits per heavy atom. The average Bonchev–Trinajstić information content (AvgIpc) is 2.42. The average molecular weight is 250 g/mol. The molecule has 0 saturated heterocycles. The van der Waals surface area contributed by atoms with E-state index < -0.39 is 0 Å². The summed E-state index contributed by atoms with van der Waals surface area (Å²) in [6.45, 7) is 3.22. The maximum absolute atomic E-state index is 4.02. The lowest BCUT2D eigenvalue weighted by Gasteiger charge is -2.04. The van der Waals surface area contributed by atoms with Crippen molar-refractivity contribution in [2.75, 3.05) is 11.9 Å². The molecule has 0 aromatic carbocycles. The zero-order chi connectivity index (χ0) is 12.9. The highest BCUT2D eigenvalue weighted by molar-refractivity contribution is 5.19. The molecule has 0 aliphatic carbocycles. The molecule has 0 aliphatic heterocycles. The monoisotopic (exact) mass is 250 g/mol. The predicted molar refractivity (Wildman–Crippen MR) is 75.5 cm³/mol. The van der Waals surface area contributed by atoms with Crippen molar-refractivity contribution >= 4 is 5.95 Å². The maximum atomic E-state index is 4.02. The van der Waals surface area contributed by atoms with Crippen LogP contribution in [0.25, 0.3) is 0 Å². The summed E-state index contributed by atoms with van der Waals surface area (Å²) in [5.74, 6) is 0.685.